The van der Waals surface area contributed by atoms with Gasteiger partial charge in [0.1, 0.15) is 5.82 Å². The van der Waals surface area contributed by atoms with Crippen LogP contribution < -0.4 is 5.32 Å². The Morgan fingerprint density at radius 1 is 1.03 bits per heavy atom. The first-order chi connectivity index (χ1) is 17.0. The normalized spacial score (nSPS) is 14.4. The predicted octanol–water partition coefficient (Wildman–Crippen LogP) is 5.46. The number of carbonyl (C=O) groups excluding carboxylic acids is 1. The van der Waals surface area contributed by atoms with Crippen molar-refractivity contribution < 1.29 is 13.6 Å². The van der Waals surface area contributed by atoms with Crippen molar-refractivity contribution in [1.29, 1.82) is 0 Å². The smallest absolute Gasteiger partial charge is 0.253 e. The van der Waals surface area contributed by atoms with Gasteiger partial charge in [0.15, 0.2) is 11.5 Å². The SMILES string of the molecule is CNC(=O)c1ccc(-c2cc(F)c3ncc(C4(Cc5ccc6ncccc6c5)CC4)n3c2)cc1F. The van der Waals surface area contributed by atoms with E-state index in [1.54, 1.807) is 29.1 Å². The molecule has 0 bridgehead atoms. The lowest BCUT2D eigenvalue weighted by Gasteiger charge is -2.16. The molecule has 0 unspecified atom stereocenters. The molecule has 174 valence electrons. The van der Waals surface area contributed by atoms with E-state index in [1.165, 1.54) is 30.8 Å². The van der Waals surface area contributed by atoms with E-state index in [-0.39, 0.29) is 16.6 Å². The minimum atomic E-state index is -0.655. The van der Waals surface area contributed by atoms with Crippen LogP contribution >= 0.6 is 0 Å². The fraction of sp³-hybridized carbons (Fsp3) is 0.179. The molecule has 0 radical (unpaired) electrons. The van der Waals surface area contributed by atoms with E-state index in [0.29, 0.717) is 11.1 Å². The summed E-state index contributed by atoms with van der Waals surface area (Å²) < 4.78 is 31.4. The van der Waals surface area contributed by atoms with Gasteiger partial charge in [-0.2, -0.15) is 0 Å². The number of amides is 1. The first-order valence-corrected chi connectivity index (χ1v) is 11.5. The number of rotatable bonds is 5. The Bertz CT molecular complexity index is 1620. The molecule has 0 saturated heterocycles. The molecule has 1 saturated carbocycles. The summed E-state index contributed by atoms with van der Waals surface area (Å²) in [5.74, 6) is -1.64. The van der Waals surface area contributed by atoms with E-state index >= 15 is 4.39 Å². The van der Waals surface area contributed by atoms with Crippen molar-refractivity contribution in [3.05, 3.63) is 102 Å². The lowest BCUT2D eigenvalue weighted by atomic mass is 9.92. The summed E-state index contributed by atoms with van der Waals surface area (Å²) in [6.07, 6.45) is 8.12. The minimum absolute atomic E-state index is 0.0522. The standard InChI is InChI=1S/C28H22F2N4O/c1-31-27(35)21-6-5-18(12-22(21)29)20-13-23(30)26-33-15-25(34(26)16-20)28(8-9-28)14-17-4-7-24-19(11-17)3-2-10-32-24/h2-7,10-13,15-16H,8-9,14H2,1H3,(H,31,35). The van der Waals surface area contributed by atoms with Gasteiger partial charge in [-0.3, -0.25) is 9.78 Å². The Kier molecular flexibility index (Phi) is 4.88. The van der Waals surface area contributed by atoms with Crippen molar-refractivity contribution in [1.82, 2.24) is 19.7 Å². The topological polar surface area (TPSA) is 59.3 Å². The summed E-state index contributed by atoms with van der Waals surface area (Å²) in [6.45, 7) is 0. The Balaban J connectivity index is 1.39. The molecular formula is C28H22F2N4O. The number of nitrogens with zero attached hydrogens (tertiary/aromatic N) is 3. The summed E-state index contributed by atoms with van der Waals surface area (Å²) in [5, 5.41) is 3.51. The summed E-state index contributed by atoms with van der Waals surface area (Å²) in [7, 11) is 1.45. The molecule has 3 heterocycles. The number of fused-ring (bicyclic) bond motifs is 2. The van der Waals surface area contributed by atoms with Crippen LogP contribution in [0, 0.1) is 11.6 Å². The van der Waals surface area contributed by atoms with E-state index in [4.69, 9.17) is 0 Å². The predicted molar refractivity (Wildman–Crippen MR) is 130 cm³/mol. The van der Waals surface area contributed by atoms with Crippen LogP contribution in [0.4, 0.5) is 8.78 Å². The zero-order valence-corrected chi connectivity index (χ0v) is 19.1. The third-order valence-corrected chi connectivity index (χ3v) is 6.94. The van der Waals surface area contributed by atoms with Gasteiger partial charge in [-0.1, -0.05) is 18.2 Å². The van der Waals surface area contributed by atoms with E-state index in [0.717, 1.165) is 35.9 Å². The van der Waals surface area contributed by atoms with Crippen LogP contribution in [0.25, 0.3) is 27.7 Å². The van der Waals surface area contributed by atoms with Crippen LogP contribution in [0.3, 0.4) is 0 Å². The Hall–Kier alpha value is -4.13. The molecule has 1 fully saturated rings. The van der Waals surface area contributed by atoms with E-state index in [1.807, 2.05) is 12.1 Å². The van der Waals surface area contributed by atoms with Gasteiger partial charge >= 0.3 is 0 Å². The number of benzene rings is 2. The van der Waals surface area contributed by atoms with Crippen molar-refractivity contribution in [2.75, 3.05) is 7.05 Å². The van der Waals surface area contributed by atoms with E-state index in [2.05, 4.69) is 33.5 Å². The first-order valence-electron chi connectivity index (χ1n) is 11.5. The van der Waals surface area contributed by atoms with Gasteiger partial charge < -0.3 is 9.72 Å². The van der Waals surface area contributed by atoms with Crippen LogP contribution in [0.5, 0.6) is 0 Å². The second-order valence-electron chi connectivity index (χ2n) is 9.18. The second-order valence-corrected chi connectivity index (χ2v) is 9.18. The maximum absolute atomic E-state index is 15.1. The molecule has 1 N–H and O–H groups in total. The lowest BCUT2D eigenvalue weighted by Crippen LogP contribution is -2.19. The first kappa shape index (κ1) is 21.4. The summed E-state index contributed by atoms with van der Waals surface area (Å²) in [5.41, 5.74) is 4.17. The highest BCUT2D eigenvalue weighted by Gasteiger charge is 2.46. The molecule has 1 aliphatic carbocycles. The van der Waals surface area contributed by atoms with E-state index in [9.17, 15) is 9.18 Å². The zero-order chi connectivity index (χ0) is 24.2. The maximum Gasteiger partial charge on any atom is 0.253 e. The number of carbonyl (C=O) groups is 1. The molecule has 1 amide bonds. The molecule has 3 aromatic heterocycles. The number of imidazole rings is 1. The number of aromatic nitrogens is 3. The molecule has 35 heavy (non-hydrogen) atoms. The number of nitrogens with one attached hydrogen (secondary N) is 1. The molecule has 0 spiro atoms. The van der Waals surface area contributed by atoms with Gasteiger partial charge in [0.2, 0.25) is 0 Å². The number of hydrogen-bond donors (Lipinski definition) is 1. The van der Waals surface area contributed by atoms with Gasteiger partial charge in [0.25, 0.3) is 5.91 Å². The average molecular weight is 469 g/mol. The number of halogens is 2. The van der Waals surface area contributed by atoms with Gasteiger partial charge in [-0.25, -0.2) is 13.8 Å². The number of hydrogen-bond acceptors (Lipinski definition) is 3. The van der Waals surface area contributed by atoms with Crippen molar-refractivity contribution >= 4 is 22.5 Å². The Labute approximate surface area is 200 Å². The van der Waals surface area contributed by atoms with Crippen LogP contribution in [0.2, 0.25) is 0 Å². The van der Waals surface area contributed by atoms with Crippen LogP contribution in [0.15, 0.2) is 73.2 Å². The van der Waals surface area contributed by atoms with Crippen molar-refractivity contribution in [3.63, 3.8) is 0 Å². The minimum Gasteiger partial charge on any atom is -0.355 e. The average Bonchev–Trinajstić information content (AvgIpc) is 3.50. The molecule has 6 rings (SSSR count). The molecule has 0 aliphatic heterocycles. The lowest BCUT2D eigenvalue weighted by molar-refractivity contribution is 0.0959. The summed E-state index contributed by atoms with van der Waals surface area (Å²) >= 11 is 0. The second kappa shape index (κ2) is 7.98. The van der Waals surface area contributed by atoms with Crippen molar-refractivity contribution in [3.8, 4) is 11.1 Å². The third kappa shape index (κ3) is 3.64. The highest BCUT2D eigenvalue weighted by atomic mass is 19.1. The molecule has 1 aliphatic rings. The monoisotopic (exact) mass is 468 g/mol. The Morgan fingerprint density at radius 2 is 1.86 bits per heavy atom. The molecule has 7 heteroatoms. The molecule has 5 aromatic rings. The highest BCUT2D eigenvalue weighted by molar-refractivity contribution is 5.94. The molecular weight excluding hydrogens is 446 g/mol. The highest BCUT2D eigenvalue weighted by Crippen LogP contribution is 2.51. The molecule has 2 aromatic carbocycles. The van der Waals surface area contributed by atoms with Gasteiger partial charge in [-0.05, 0) is 66.8 Å². The third-order valence-electron chi connectivity index (χ3n) is 6.94. The zero-order valence-electron chi connectivity index (χ0n) is 19.1. The summed E-state index contributed by atoms with van der Waals surface area (Å²) in [4.78, 5) is 20.6. The summed E-state index contributed by atoms with van der Waals surface area (Å²) in [6, 6.07) is 15.9. The fourth-order valence-corrected chi connectivity index (χ4v) is 4.91. The molecule has 0 atom stereocenters. The van der Waals surface area contributed by atoms with E-state index < -0.39 is 17.5 Å². The van der Waals surface area contributed by atoms with Crippen molar-refractivity contribution in [2.24, 2.45) is 0 Å². The number of pyridine rings is 2. The van der Waals surface area contributed by atoms with Gasteiger partial charge in [-0.15, -0.1) is 0 Å². The molecule has 5 nitrogen and oxygen atoms in total. The largest absolute Gasteiger partial charge is 0.355 e. The van der Waals surface area contributed by atoms with Crippen LogP contribution in [0.1, 0.15) is 34.5 Å². The van der Waals surface area contributed by atoms with Crippen molar-refractivity contribution in [2.45, 2.75) is 24.7 Å². The fourth-order valence-electron chi connectivity index (χ4n) is 4.91. The van der Waals surface area contributed by atoms with Crippen LogP contribution in [-0.4, -0.2) is 27.3 Å². The Morgan fingerprint density at radius 3 is 2.63 bits per heavy atom. The van der Waals surface area contributed by atoms with Gasteiger partial charge in [0, 0.05) is 47.7 Å². The maximum atomic E-state index is 15.1. The quantitative estimate of drug-likeness (QED) is 0.373. The van der Waals surface area contributed by atoms with Gasteiger partial charge in [0.05, 0.1) is 11.1 Å². The van der Waals surface area contributed by atoms with Crippen LogP contribution in [-0.2, 0) is 11.8 Å².